The molecule has 2 heterocycles. The molecule has 0 bridgehead atoms. The third-order valence-corrected chi connectivity index (χ3v) is 4.73. The van der Waals surface area contributed by atoms with E-state index in [1.807, 2.05) is 25.6 Å². The van der Waals surface area contributed by atoms with Crippen LogP contribution in [0.3, 0.4) is 0 Å². The van der Waals surface area contributed by atoms with E-state index in [4.69, 9.17) is 0 Å². The van der Waals surface area contributed by atoms with Crippen LogP contribution in [0, 0.1) is 25.7 Å². The first-order valence-electron chi connectivity index (χ1n) is 7.90. The number of piperidine rings is 1. The van der Waals surface area contributed by atoms with Gasteiger partial charge in [-0.1, -0.05) is 13.8 Å². The summed E-state index contributed by atoms with van der Waals surface area (Å²) in [6.07, 6.45) is 1.78. The molecule has 0 saturated carbocycles. The third kappa shape index (κ3) is 5.37. The van der Waals surface area contributed by atoms with Gasteiger partial charge < -0.3 is 10.6 Å². The number of nitrogens with zero attached hydrogens (tertiary/aromatic N) is 2. The third-order valence-electron chi connectivity index (χ3n) is 4.73. The molecule has 0 radical (unpaired) electrons. The van der Waals surface area contributed by atoms with Gasteiger partial charge >= 0.3 is 0 Å². The lowest BCUT2D eigenvalue weighted by molar-refractivity contribution is -0.125. The molecule has 5 nitrogen and oxygen atoms in total. The number of hydrogen-bond acceptors (Lipinski definition) is 3. The lowest BCUT2D eigenvalue weighted by Gasteiger charge is -2.31. The van der Waals surface area contributed by atoms with Gasteiger partial charge in [0.15, 0.2) is 0 Å². The summed E-state index contributed by atoms with van der Waals surface area (Å²) >= 11 is 0. The van der Waals surface area contributed by atoms with E-state index in [-0.39, 0.29) is 36.6 Å². The fraction of sp³-hybridized carbons (Fsp3) is 0.750. The van der Waals surface area contributed by atoms with E-state index in [0.29, 0.717) is 12.0 Å². The van der Waals surface area contributed by atoms with Crippen molar-refractivity contribution in [2.75, 3.05) is 13.1 Å². The number of amides is 1. The highest BCUT2D eigenvalue weighted by atomic mass is 35.5. The zero-order valence-electron chi connectivity index (χ0n) is 14.7. The van der Waals surface area contributed by atoms with Crippen molar-refractivity contribution in [1.82, 2.24) is 20.4 Å². The first-order chi connectivity index (χ1) is 9.90. The van der Waals surface area contributed by atoms with Gasteiger partial charge in [-0.15, -0.1) is 24.8 Å². The average Bonchev–Trinajstić information content (AvgIpc) is 2.67. The van der Waals surface area contributed by atoms with Crippen LogP contribution in [0.2, 0.25) is 0 Å². The standard InChI is InChI=1S/C16H28N4O.2ClH/c1-10(8-14-12(3)19-20(5)13(14)4)16(21)18-15-6-7-17-9-11(15)2;;/h10-11,15,17H,6-9H2,1-5H3,(H,18,21);2*1H. The molecule has 134 valence electrons. The van der Waals surface area contributed by atoms with Gasteiger partial charge in [0.2, 0.25) is 5.91 Å². The van der Waals surface area contributed by atoms with E-state index in [9.17, 15) is 4.79 Å². The molecule has 0 aromatic carbocycles. The molecule has 1 aliphatic rings. The quantitative estimate of drug-likeness (QED) is 0.860. The molecule has 1 aromatic rings. The SMILES string of the molecule is Cc1nn(C)c(C)c1CC(C)C(=O)NC1CCNCC1C.Cl.Cl. The molecule has 23 heavy (non-hydrogen) atoms. The van der Waals surface area contributed by atoms with E-state index in [1.165, 1.54) is 5.56 Å². The Morgan fingerprint density at radius 1 is 1.43 bits per heavy atom. The van der Waals surface area contributed by atoms with Crippen LogP contribution in [-0.4, -0.2) is 34.8 Å². The van der Waals surface area contributed by atoms with Crippen molar-refractivity contribution in [2.45, 2.75) is 46.6 Å². The first kappa shape index (κ1) is 22.2. The first-order valence-corrected chi connectivity index (χ1v) is 7.90. The topological polar surface area (TPSA) is 59.0 Å². The smallest absolute Gasteiger partial charge is 0.223 e. The van der Waals surface area contributed by atoms with Crippen molar-refractivity contribution in [3.8, 4) is 0 Å². The Kier molecular flexibility index (Phi) is 9.18. The van der Waals surface area contributed by atoms with Crippen LogP contribution < -0.4 is 10.6 Å². The molecule has 1 saturated heterocycles. The number of aromatic nitrogens is 2. The normalized spacial score (nSPS) is 21.8. The summed E-state index contributed by atoms with van der Waals surface area (Å²) in [4.78, 5) is 12.4. The minimum Gasteiger partial charge on any atom is -0.353 e. The van der Waals surface area contributed by atoms with Gasteiger partial charge in [0.1, 0.15) is 0 Å². The van der Waals surface area contributed by atoms with Gasteiger partial charge in [-0.25, -0.2) is 0 Å². The van der Waals surface area contributed by atoms with Crippen molar-refractivity contribution < 1.29 is 4.79 Å². The number of hydrogen-bond donors (Lipinski definition) is 2. The van der Waals surface area contributed by atoms with Crippen molar-refractivity contribution in [3.63, 3.8) is 0 Å². The lowest BCUT2D eigenvalue weighted by Crippen LogP contribution is -2.49. The number of nitrogens with one attached hydrogen (secondary N) is 2. The van der Waals surface area contributed by atoms with Crippen LogP contribution >= 0.6 is 24.8 Å². The van der Waals surface area contributed by atoms with Gasteiger partial charge in [0.25, 0.3) is 0 Å². The van der Waals surface area contributed by atoms with Crippen LogP contribution in [0.4, 0.5) is 0 Å². The number of halogens is 2. The van der Waals surface area contributed by atoms with Crippen molar-refractivity contribution in [1.29, 1.82) is 0 Å². The fourth-order valence-corrected chi connectivity index (χ4v) is 3.07. The summed E-state index contributed by atoms with van der Waals surface area (Å²) in [7, 11) is 1.95. The Labute approximate surface area is 151 Å². The maximum Gasteiger partial charge on any atom is 0.223 e. The van der Waals surface area contributed by atoms with E-state index in [2.05, 4.69) is 29.6 Å². The maximum absolute atomic E-state index is 12.4. The Morgan fingerprint density at radius 2 is 2.09 bits per heavy atom. The monoisotopic (exact) mass is 364 g/mol. The second-order valence-corrected chi connectivity index (χ2v) is 6.46. The van der Waals surface area contributed by atoms with Crippen LogP contribution in [0.5, 0.6) is 0 Å². The van der Waals surface area contributed by atoms with E-state index < -0.39 is 0 Å². The van der Waals surface area contributed by atoms with Gasteiger partial charge in [-0.3, -0.25) is 9.48 Å². The second-order valence-electron chi connectivity index (χ2n) is 6.46. The lowest BCUT2D eigenvalue weighted by atomic mass is 9.93. The van der Waals surface area contributed by atoms with Crippen LogP contribution in [0.15, 0.2) is 0 Å². The molecule has 3 unspecified atom stereocenters. The van der Waals surface area contributed by atoms with E-state index in [0.717, 1.165) is 37.3 Å². The zero-order chi connectivity index (χ0) is 15.6. The van der Waals surface area contributed by atoms with Gasteiger partial charge in [-0.2, -0.15) is 5.10 Å². The largest absolute Gasteiger partial charge is 0.353 e. The summed E-state index contributed by atoms with van der Waals surface area (Å²) < 4.78 is 1.89. The second kappa shape index (κ2) is 9.50. The summed E-state index contributed by atoms with van der Waals surface area (Å²) in [5, 5.41) is 11.0. The summed E-state index contributed by atoms with van der Waals surface area (Å²) in [6.45, 7) is 10.3. The number of rotatable bonds is 4. The van der Waals surface area contributed by atoms with Crippen molar-refractivity contribution in [3.05, 3.63) is 17.0 Å². The molecule has 0 spiro atoms. The zero-order valence-corrected chi connectivity index (χ0v) is 16.3. The van der Waals surface area contributed by atoms with Gasteiger partial charge in [0.05, 0.1) is 5.69 Å². The van der Waals surface area contributed by atoms with E-state index >= 15 is 0 Å². The predicted molar refractivity (Wildman–Crippen MR) is 98.6 cm³/mol. The Morgan fingerprint density at radius 3 is 2.61 bits per heavy atom. The van der Waals surface area contributed by atoms with Crippen LogP contribution in [-0.2, 0) is 18.3 Å². The highest BCUT2D eigenvalue weighted by Gasteiger charge is 2.25. The van der Waals surface area contributed by atoms with Crippen molar-refractivity contribution in [2.24, 2.45) is 18.9 Å². The van der Waals surface area contributed by atoms with Gasteiger partial charge in [0, 0.05) is 24.7 Å². The molecule has 7 heteroatoms. The molecule has 2 rings (SSSR count). The maximum atomic E-state index is 12.4. The van der Waals surface area contributed by atoms with Crippen LogP contribution in [0.25, 0.3) is 0 Å². The summed E-state index contributed by atoms with van der Waals surface area (Å²) in [5.74, 6) is 0.641. The fourth-order valence-electron chi connectivity index (χ4n) is 3.07. The number of carbonyl (C=O) groups excluding carboxylic acids is 1. The summed E-state index contributed by atoms with van der Waals surface area (Å²) in [5.41, 5.74) is 3.39. The molecule has 3 atom stereocenters. The molecular weight excluding hydrogens is 335 g/mol. The minimum atomic E-state index is -0.0197. The van der Waals surface area contributed by atoms with Gasteiger partial charge in [-0.05, 0) is 51.3 Å². The van der Waals surface area contributed by atoms with Crippen molar-refractivity contribution >= 4 is 30.7 Å². The Hall–Kier alpha value is -0.780. The highest BCUT2D eigenvalue weighted by molar-refractivity contribution is 5.85. The molecule has 0 aliphatic carbocycles. The minimum absolute atomic E-state index is 0. The average molecular weight is 365 g/mol. The molecule has 1 amide bonds. The highest BCUT2D eigenvalue weighted by Crippen LogP contribution is 2.18. The molecule has 1 aromatic heterocycles. The number of carbonyl (C=O) groups is 1. The number of aryl methyl sites for hydroxylation is 2. The molecule has 1 fully saturated rings. The predicted octanol–water partition coefficient (Wildman–Crippen LogP) is 2.17. The molecule has 2 N–H and O–H groups in total. The Balaban J connectivity index is 0.00000242. The summed E-state index contributed by atoms with van der Waals surface area (Å²) in [6, 6.07) is 0.303. The molecular formula is C16H30Cl2N4O. The molecule has 1 aliphatic heterocycles. The Bertz CT molecular complexity index is 518. The van der Waals surface area contributed by atoms with Crippen LogP contribution in [0.1, 0.15) is 37.2 Å². The van der Waals surface area contributed by atoms with E-state index in [1.54, 1.807) is 0 Å².